The van der Waals surface area contributed by atoms with Crippen LogP contribution in [-0.2, 0) is 13.0 Å². The van der Waals surface area contributed by atoms with Crippen LogP contribution < -0.4 is 5.32 Å². The van der Waals surface area contributed by atoms with Gasteiger partial charge in [0.1, 0.15) is 5.69 Å². The normalized spacial score (nSPS) is 14.8. The second kappa shape index (κ2) is 3.93. The van der Waals surface area contributed by atoms with Crippen LogP contribution in [0.25, 0.3) is 22.6 Å². The molecule has 3 N–H and O–H groups in total. The Balaban J connectivity index is 1.88. The number of hydrogen-bond donors (Lipinski definition) is 3. The summed E-state index contributed by atoms with van der Waals surface area (Å²) >= 11 is 0. The zero-order valence-corrected chi connectivity index (χ0v) is 10.7. The smallest absolute Gasteiger partial charge is 0.159 e. The number of rotatable bonds is 1. The Bertz CT molecular complexity index is 752. The minimum absolute atomic E-state index is 0.849. The Morgan fingerprint density at radius 3 is 3.16 bits per heavy atom. The molecule has 96 valence electrons. The largest absolute Gasteiger partial charge is 0.337 e. The van der Waals surface area contributed by atoms with E-state index < -0.39 is 0 Å². The Morgan fingerprint density at radius 2 is 2.21 bits per heavy atom. The number of hydrogen-bond acceptors (Lipinski definition) is 3. The molecule has 3 heterocycles. The molecule has 0 unspecified atom stereocenters. The highest BCUT2D eigenvalue weighted by Crippen LogP contribution is 2.25. The molecule has 3 aromatic rings. The first-order valence-electron chi connectivity index (χ1n) is 6.55. The van der Waals surface area contributed by atoms with Crippen molar-refractivity contribution in [2.24, 2.45) is 0 Å². The van der Waals surface area contributed by atoms with Crippen LogP contribution >= 0.6 is 0 Å². The standard InChI is InChI=1S/C14H15N5/c1-8-2-3-11-12(6-8)17-14(16-11)13-9-7-15-5-4-10(9)18-19-13/h2-3,6,15H,4-5,7H2,1H3,(H,16,17)(H,18,19). The zero-order chi connectivity index (χ0) is 12.8. The van der Waals surface area contributed by atoms with E-state index in [0.29, 0.717) is 0 Å². The van der Waals surface area contributed by atoms with Crippen LogP contribution in [0.4, 0.5) is 0 Å². The van der Waals surface area contributed by atoms with Crippen molar-refractivity contribution < 1.29 is 0 Å². The van der Waals surface area contributed by atoms with Crippen LogP contribution in [0.2, 0.25) is 0 Å². The summed E-state index contributed by atoms with van der Waals surface area (Å²) in [6, 6.07) is 6.24. The lowest BCUT2D eigenvalue weighted by Gasteiger charge is -2.12. The summed E-state index contributed by atoms with van der Waals surface area (Å²) in [5, 5.41) is 10.9. The minimum Gasteiger partial charge on any atom is -0.337 e. The Kier molecular flexibility index (Phi) is 2.22. The van der Waals surface area contributed by atoms with Gasteiger partial charge in [0.25, 0.3) is 0 Å². The van der Waals surface area contributed by atoms with Crippen LogP contribution in [0.3, 0.4) is 0 Å². The maximum absolute atomic E-state index is 4.64. The van der Waals surface area contributed by atoms with Crippen LogP contribution in [0.1, 0.15) is 16.8 Å². The molecular formula is C14H15N5. The number of benzene rings is 1. The van der Waals surface area contributed by atoms with Gasteiger partial charge in [0.15, 0.2) is 5.82 Å². The molecule has 0 spiro atoms. The molecule has 0 bridgehead atoms. The molecule has 0 amide bonds. The number of H-pyrrole nitrogens is 2. The molecular weight excluding hydrogens is 238 g/mol. The molecule has 2 aromatic heterocycles. The lowest BCUT2D eigenvalue weighted by molar-refractivity contribution is 0.637. The second-order valence-electron chi connectivity index (χ2n) is 5.06. The molecule has 1 aliphatic heterocycles. The molecule has 0 saturated carbocycles. The predicted molar refractivity (Wildman–Crippen MR) is 73.8 cm³/mol. The number of nitrogens with one attached hydrogen (secondary N) is 3. The molecule has 0 fully saturated rings. The van der Waals surface area contributed by atoms with E-state index in [1.807, 2.05) is 6.07 Å². The average Bonchev–Trinajstić information content (AvgIpc) is 3.00. The predicted octanol–water partition coefficient (Wildman–Crippen LogP) is 1.91. The van der Waals surface area contributed by atoms with Gasteiger partial charge in [-0.3, -0.25) is 5.10 Å². The zero-order valence-electron chi connectivity index (χ0n) is 10.7. The summed E-state index contributed by atoms with van der Waals surface area (Å²) in [6.07, 6.45) is 1.00. The van der Waals surface area contributed by atoms with Gasteiger partial charge >= 0.3 is 0 Å². The van der Waals surface area contributed by atoms with Crippen molar-refractivity contribution in [3.63, 3.8) is 0 Å². The van der Waals surface area contributed by atoms with E-state index in [2.05, 4.69) is 44.5 Å². The van der Waals surface area contributed by atoms with E-state index >= 15 is 0 Å². The third kappa shape index (κ3) is 1.66. The van der Waals surface area contributed by atoms with E-state index in [9.17, 15) is 0 Å². The van der Waals surface area contributed by atoms with E-state index in [4.69, 9.17) is 0 Å². The summed E-state index contributed by atoms with van der Waals surface area (Å²) in [6.45, 7) is 3.95. The van der Waals surface area contributed by atoms with Crippen LogP contribution in [0, 0.1) is 6.92 Å². The quantitative estimate of drug-likeness (QED) is 0.620. The van der Waals surface area contributed by atoms with Gasteiger partial charge < -0.3 is 10.3 Å². The first-order valence-corrected chi connectivity index (χ1v) is 6.55. The highest BCUT2D eigenvalue weighted by Gasteiger charge is 2.19. The van der Waals surface area contributed by atoms with E-state index in [1.165, 1.54) is 16.8 Å². The Morgan fingerprint density at radius 1 is 1.26 bits per heavy atom. The highest BCUT2D eigenvalue weighted by atomic mass is 15.2. The number of aryl methyl sites for hydroxylation is 1. The number of aromatic amines is 2. The third-order valence-electron chi connectivity index (χ3n) is 3.67. The second-order valence-corrected chi connectivity index (χ2v) is 5.06. The summed E-state index contributed by atoms with van der Waals surface area (Å²) in [5.41, 5.74) is 6.69. The summed E-state index contributed by atoms with van der Waals surface area (Å²) in [5.74, 6) is 0.849. The SMILES string of the molecule is Cc1ccc2nc(-c3n[nH]c4c3CNCC4)[nH]c2c1. The van der Waals surface area contributed by atoms with E-state index in [0.717, 1.165) is 42.1 Å². The number of nitrogens with zero attached hydrogens (tertiary/aromatic N) is 2. The molecule has 5 nitrogen and oxygen atoms in total. The average molecular weight is 253 g/mol. The fourth-order valence-electron chi connectivity index (χ4n) is 2.66. The first-order chi connectivity index (χ1) is 9.31. The van der Waals surface area contributed by atoms with Crippen LogP contribution in [-0.4, -0.2) is 26.7 Å². The Labute approximate surface area is 110 Å². The molecule has 5 heteroatoms. The molecule has 1 aromatic carbocycles. The lowest BCUT2D eigenvalue weighted by atomic mass is 10.1. The molecule has 0 aliphatic carbocycles. The first kappa shape index (κ1) is 10.8. The van der Waals surface area contributed by atoms with E-state index in [1.54, 1.807) is 0 Å². The van der Waals surface area contributed by atoms with Gasteiger partial charge in [-0.1, -0.05) is 6.07 Å². The van der Waals surface area contributed by atoms with Gasteiger partial charge in [0.2, 0.25) is 0 Å². The number of imidazole rings is 1. The van der Waals surface area contributed by atoms with Gasteiger partial charge in [0, 0.05) is 30.8 Å². The highest BCUT2D eigenvalue weighted by molar-refractivity contribution is 5.80. The van der Waals surface area contributed by atoms with Crippen molar-refractivity contribution in [3.05, 3.63) is 35.0 Å². The monoisotopic (exact) mass is 253 g/mol. The minimum atomic E-state index is 0.849. The maximum atomic E-state index is 4.64. The van der Waals surface area contributed by atoms with Gasteiger partial charge in [0.05, 0.1) is 11.0 Å². The van der Waals surface area contributed by atoms with Gasteiger partial charge in [-0.25, -0.2) is 4.98 Å². The van der Waals surface area contributed by atoms with Crippen molar-refractivity contribution >= 4 is 11.0 Å². The molecule has 0 saturated heterocycles. The van der Waals surface area contributed by atoms with Crippen LogP contribution in [0.15, 0.2) is 18.2 Å². The fraction of sp³-hybridized carbons (Fsp3) is 0.286. The van der Waals surface area contributed by atoms with Gasteiger partial charge in [-0.15, -0.1) is 0 Å². The van der Waals surface area contributed by atoms with Gasteiger partial charge in [-0.05, 0) is 24.6 Å². The molecule has 1 aliphatic rings. The summed E-state index contributed by atoms with van der Waals surface area (Å²) < 4.78 is 0. The lowest BCUT2D eigenvalue weighted by Crippen LogP contribution is -2.23. The van der Waals surface area contributed by atoms with Crippen molar-refractivity contribution in [2.45, 2.75) is 19.9 Å². The summed E-state index contributed by atoms with van der Waals surface area (Å²) in [7, 11) is 0. The number of aromatic nitrogens is 4. The third-order valence-corrected chi connectivity index (χ3v) is 3.67. The topological polar surface area (TPSA) is 69.4 Å². The molecule has 0 radical (unpaired) electrons. The Hall–Kier alpha value is -2.14. The van der Waals surface area contributed by atoms with Crippen molar-refractivity contribution in [1.29, 1.82) is 0 Å². The van der Waals surface area contributed by atoms with Crippen molar-refractivity contribution in [3.8, 4) is 11.5 Å². The molecule has 0 atom stereocenters. The molecule has 4 rings (SSSR count). The fourth-order valence-corrected chi connectivity index (χ4v) is 2.66. The molecule has 19 heavy (non-hydrogen) atoms. The van der Waals surface area contributed by atoms with Crippen molar-refractivity contribution in [1.82, 2.24) is 25.5 Å². The summed E-state index contributed by atoms with van der Waals surface area (Å²) in [4.78, 5) is 8.01. The van der Waals surface area contributed by atoms with Crippen molar-refractivity contribution in [2.75, 3.05) is 6.54 Å². The van der Waals surface area contributed by atoms with E-state index in [-0.39, 0.29) is 0 Å². The van der Waals surface area contributed by atoms with Gasteiger partial charge in [-0.2, -0.15) is 5.10 Å². The number of fused-ring (bicyclic) bond motifs is 2. The maximum Gasteiger partial charge on any atom is 0.159 e. The van der Waals surface area contributed by atoms with Crippen LogP contribution in [0.5, 0.6) is 0 Å².